The van der Waals surface area contributed by atoms with Gasteiger partial charge in [-0.3, -0.25) is 4.79 Å². The van der Waals surface area contributed by atoms with E-state index in [1.54, 1.807) is 12.1 Å². The number of amides is 1. The standard InChI is InChI=1S/C16H18N4O/c1-10-5-6-12(15(18)21)16(19-10)20-8-7-11-3-2-4-14(17)13(11)9-20/h2-6H,7-9,17H2,1H3,(H2,18,21). The molecule has 21 heavy (non-hydrogen) atoms. The molecule has 0 spiro atoms. The molecule has 5 nitrogen and oxygen atoms in total. The lowest BCUT2D eigenvalue weighted by Gasteiger charge is -2.31. The molecular formula is C16H18N4O. The van der Waals surface area contributed by atoms with Gasteiger partial charge in [0.1, 0.15) is 5.82 Å². The molecule has 0 saturated carbocycles. The van der Waals surface area contributed by atoms with E-state index in [-0.39, 0.29) is 0 Å². The summed E-state index contributed by atoms with van der Waals surface area (Å²) in [5, 5.41) is 0. The first-order chi connectivity index (χ1) is 10.1. The maximum absolute atomic E-state index is 11.6. The third kappa shape index (κ3) is 2.42. The number of nitrogens with two attached hydrogens (primary N) is 2. The van der Waals surface area contributed by atoms with Gasteiger partial charge >= 0.3 is 0 Å². The number of hydrogen-bond donors (Lipinski definition) is 2. The van der Waals surface area contributed by atoms with Crippen molar-refractivity contribution in [1.82, 2.24) is 4.98 Å². The smallest absolute Gasteiger partial charge is 0.252 e. The average Bonchev–Trinajstić information content (AvgIpc) is 2.47. The molecule has 1 aliphatic heterocycles. The zero-order chi connectivity index (χ0) is 15.0. The number of hydrogen-bond acceptors (Lipinski definition) is 4. The molecule has 0 saturated heterocycles. The third-order valence-electron chi connectivity index (χ3n) is 3.89. The molecule has 2 heterocycles. The van der Waals surface area contributed by atoms with E-state index in [1.807, 2.05) is 19.1 Å². The first-order valence-corrected chi connectivity index (χ1v) is 6.95. The highest BCUT2D eigenvalue weighted by molar-refractivity contribution is 5.97. The second-order valence-corrected chi connectivity index (χ2v) is 5.34. The Labute approximate surface area is 123 Å². The van der Waals surface area contributed by atoms with E-state index in [0.29, 0.717) is 17.9 Å². The van der Waals surface area contributed by atoms with Crippen molar-refractivity contribution in [3.63, 3.8) is 0 Å². The molecule has 0 atom stereocenters. The summed E-state index contributed by atoms with van der Waals surface area (Å²) >= 11 is 0. The van der Waals surface area contributed by atoms with Gasteiger partial charge < -0.3 is 16.4 Å². The molecule has 2 aromatic rings. The monoisotopic (exact) mass is 282 g/mol. The number of primary amides is 1. The van der Waals surface area contributed by atoms with Gasteiger partial charge in [0.25, 0.3) is 5.91 Å². The number of benzene rings is 1. The highest BCUT2D eigenvalue weighted by atomic mass is 16.1. The van der Waals surface area contributed by atoms with Gasteiger partial charge in [-0.25, -0.2) is 4.98 Å². The van der Waals surface area contributed by atoms with E-state index in [0.717, 1.165) is 29.9 Å². The second-order valence-electron chi connectivity index (χ2n) is 5.34. The molecule has 0 unspecified atom stereocenters. The fraction of sp³-hybridized carbons (Fsp3) is 0.250. The number of fused-ring (bicyclic) bond motifs is 1. The second kappa shape index (κ2) is 5.09. The first-order valence-electron chi connectivity index (χ1n) is 6.95. The lowest BCUT2D eigenvalue weighted by Crippen LogP contribution is -2.33. The van der Waals surface area contributed by atoms with Gasteiger partial charge in [-0.05, 0) is 42.7 Å². The zero-order valence-electron chi connectivity index (χ0n) is 12.0. The van der Waals surface area contributed by atoms with Crippen molar-refractivity contribution in [2.75, 3.05) is 17.2 Å². The van der Waals surface area contributed by atoms with E-state index in [9.17, 15) is 4.79 Å². The van der Waals surface area contributed by atoms with Crippen LogP contribution >= 0.6 is 0 Å². The molecule has 108 valence electrons. The van der Waals surface area contributed by atoms with E-state index >= 15 is 0 Å². The zero-order valence-corrected chi connectivity index (χ0v) is 12.0. The van der Waals surface area contributed by atoms with Crippen molar-refractivity contribution in [3.8, 4) is 0 Å². The van der Waals surface area contributed by atoms with E-state index in [1.165, 1.54) is 5.56 Å². The normalized spacial score (nSPS) is 13.9. The first kappa shape index (κ1) is 13.4. The van der Waals surface area contributed by atoms with Crippen LogP contribution in [0.4, 0.5) is 11.5 Å². The molecule has 4 N–H and O–H groups in total. The minimum atomic E-state index is -0.454. The Bertz CT molecular complexity index is 711. The molecule has 0 bridgehead atoms. The van der Waals surface area contributed by atoms with E-state index in [4.69, 9.17) is 11.5 Å². The predicted octanol–water partition coefficient (Wildman–Crippen LogP) is 1.63. The van der Waals surface area contributed by atoms with Gasteiger partial charge in [-0.1, -0.05) is 12.1 Å². The minimum absolute atomic E-state index is 0.454. The number of aryl methyl sites for hydroxylation is 1. The molecule has 3 rings (SSSR count). The summed E-state index contributed by atoms with van der Waals surface area (Å²) in [6.45, 7) is 3.35. The lowest BCUT2D eigenvalue weighted by molar-refractivity contribution is 0.100. The minimum Gasteiger partial charge on any atom is -0.398 e. The largest absolute Gasteiger partial charge is 0.398 e. The van der Waals surface area contributed by atoms with Gasteiger partial charge in [0, 0.05) is 24.5 Å². The third-order valence-corrected chi connectivity index (χ3v) is 3.89. The van der Waals surface area contributed by atoms with Crippen LogP contribution < -0.4 is 16.4 Å². The van der Waals surface area contributed by atoms with Crippen LogP contribution in [0.5, 0.6) is 0 Å². The summed E-state index contributed by atoms with van der Waals surface area (Å²) in [6.07, 6.45) is 0.883. The fourth-order valence-corrected chi connectivity index (χ4v) is 2.76. The van der Waals surface area contributed by atoms with Gasteiger partial charge in [0.2, 0.25) is 0 Å². The van der Waals surface area contributed by atoms with Crippen LogP contribution in [-0.4, -0.2) is 17.4 Å². The Kier molecular flexibility index (Phi) is 3.25. The van der Waals surface area contributed by atoms with Gasteiger partial charge in [0.15, 0.2) is 0 Å². The van der Waals surface area contributed by atoms with Crippen LogP contribution in [0.15, 0.2) is 30.3 Å². The molecule has 0 radical (unpaired) electrons. The van der Waals surface area contributed by atoms with Crippen LogP contribution in [0.1, 0.15) is 27.2 Å². The average molecular weight is 282 g/mol. The van der Waals surface area contributed by atoms with Crippen LogP contribution in [0.25, 0.3) is 0 Å². The Morgan fingerprint density at radius 1 is 1.29 bits per heavy atom. The highest BCUT2D eigenvalue weighted by Gasteiger charge is 2.22. The van der Waals surface area contributed by atoms with Crippen LogP contribution in [-0.2, 0) is 13.0 Å². The molecule has 1 amide bonds. The van der Waals surface area contributed by atoms with Crippen molar-refractivity contribution in [2.45, 2.75) is 19.9 Å². The summed E-state index contributed by atoms with van der Waals surface area (Å²) in [5.74, 6) is 0.195. The molecule has 1 aromatic carbocycles. The number of nitrogen functional groups attached to an aromatic ring is 1. The Morgan fingerprint density at radius 2 is 2.10 bits per heavy atom. The predicted molar refractivity (Wildman–Crippen MR) is 83.1 cm³/mol. The van der Waals surface area contributed by atoms with Crippen molar-refractivity contribution in [1.29, 1.82) is 0 Å². The fourth-order valence-electron chi connectivity index (χ4n) is 2.76. The highest BCUT2D eigenvalue weighted by Crippen LogP contribution is 2.28. The summed E-state index contributed by atoms with van der Waals surface area (Å²) < 4.78 is 0. The number of aromatic nitrogens is 1. The number of anilines is 2. The summed E-state index contributed by atoms with van der Waals surface area (Å²) in [7, 11) is 0. The Balaban J connectivity index is 2.02. The number of rotatable bonds is 2. The number of carbonyl (C=O) groups excluding carboxylic acids is 1. The molecule has 1 aromatic heterocycles. The van der Waals surface area contributed by atoms with Crippen LogP contribution in [0.3, 0.4) is 0 Å². The van der Waals surface area contributed by atoms with Crippen molar-refractivity contribution >= 4 is 17.4 Å². The maximum atomic E-state index is 11.6. The summed E-state index contributed by atoms with van der Waals surface area (Å²) in [6, 6.07) is 9.52. The summed E-state index contributed by atoms with van der Waals surface area (Å²) in [4.78, 5) is 18.2. The molecular weight excluding hydrogens is 264 g/mol. The number of nitrogens with zero attached hydrogens (tertiary/aromatic N) is 2. The number of pyridine rings is 1. The summed E-state index contributed by atoms with van der Waals surface area (Å²) in [5.41, 5.74) is 16.0. The SMILES string of the molecule is Cc1ccc(C(N)=O)c(N2CCc3cccc(N)c3C2)n1. The van der Waals surface area contributed by atoms with Gasteiger partial charge in [0.05, 0.1) is 5.56 Å². The lowest BCUT2D eigenvalue weighted by atomic mass is 9.98. The van der Waals surface area contributed by atoms with Crippen LogP contribution in [0, 0.1) is 6.92 Å². The van der Waals surface area contributed by atoms with Gasteiger partial charge in [-0.15, -0.1) is 0 Å². The van der Waals surface area contributed by atoms with Crippen molar-refractivity contribution in [2.24, 2.45) is 5.73 Å². The van der Waals surface area contributed by atoms with Gasteiger partial charge in [-0.2, -0.15) is 0 Å². The quantitative estimate of drug-likeness (QED) is 0.820. The molecule has 0 aliphatic carbocycles. The Morgan fingerprint density at radius 3 is 2.86 bits per heavy atom. The molecule has 1 aliphatic rings. The van der Waals surface area contributed by atoms with Crippen molar-refractivity contribution < 1.29 is 4.79 Å². The maximum Gasteiger partial charge on any atom is 0.252 e. The Hall–Kier alpha value is -2.56. The van der Waals surface area contributed by atoms with Crippen LogP contribution in [0.2, 0.25) is 0 Å². The van der Waals surface area contributed by atoms with Crippen molar-refractivity contribution in [3.05, 3.63) is 52.7 Å². The number of carbonyl (C=O) groups is 1. The van der Waals surface area contributed by atoms with E-state index in [2.05, 4.69) is 16.0 Å². The topological polar surface area (TPSA) is 85.2 Å². The molecule has 5 heteroatoms. The molecule has 0 fully saturated rings. The van der Waals surface area contributed by atoms with E-state index < -0.39 is 5.91 Å².